The van der Waals surface area contributed by atoms with Gasteiger partial charge in [0.05, 0.1) is 12.5 Å². The molecule has 4 amide bonds. The Morgan fingerprint density at radius 1 is 0.848 bits per heavy atom. The summed E-state index contributed by atoms with van der Waals surface area (Å²) < 4.78 is 0. The third-order valence-corrected chi connectivity index (χ3v) is 5.06. The van der Waals surface area contributed by atoms with Crippen molar-refractivity contribution in [3.63, 3.8) is 0 Å². The van der Waals surface area contributed by atoms with E-state index in [-0.39, 0.29) is 6.42 Å². The topological polar surface area (TPSA) is 231 Å². The molecule has 33 heavy (non-hydrogen) atoms. The van der Waals surface area contributed by atoms with Gasteiger partial charge in [-0.15, -0.1) is 0 Å². The van der Waals surface area contributed by atoms with Crippen LogP contribution in [0, 0.1) is 11.8 Å². The zero-order valence-corrected chi connectivity index (χ0v) is 19.3. The van der Waals surface area contributed by atoms with Crippen LogP contribution >= 0.6 is 0 Å². The van der Waals surface area contributed by atoms with E-state index in [4.69, 9.17) is 16.6 Å². The fraction of sp³-hybridized carbons (Fsp3) is 0.700. The summed E-state index contributed by atoms with van der Waals surface area (Å²) >= 11 is 0. The van der Waals surface area contributed by atoms with Crippen LogP contribution in [0.1, 0.15) is 53.4 Å². The second-order valence-corrected chi connectivity index (χ2v) is 8.21. The first-order valence-electron chi connectivity index (χ1n) is 10.6. The number of amides is 4. The van der Waals surface area contributed by atoms with E-state index >= 15 is 0 Å². The van der Waals surface area contributed by atoms with Gasteiger partial charge < -0.3 is 37.6 Å². The molecule has 0 aromatic rings. The van der Waals surface area contributed by atoms with Crippen molar-refractivity contribution in [2.75, 3.05) is 0 Å². The number of hydrogen-bond donors (Lipinski definition) is 7. The zero-order chi connectivity index (χ0) is 25.9. The van der Waals surface area contributed by atoms with Gasteiger partial charge in [-0.1, -0.05) is 34.1 Å². The number of carboxylic acid groups (broad SMARTS) is 2. The maximum absolute atomic E-state index is 12.8. The van der Waals surface area contributed by atoms with Crippen LogP contribution in [0.15, 0.2) is 0 Å². The largest absolute Gasteiger partial charge is 0.481 e. The lowest BCUT2D eigenvalue weighted by molar-refractivity contribution is -0.144. The number of carbonyl (C=O) groups excluding carboxylic acids is 4. The van der Waals surface area contributed by atoms with E-state index in [1.807, 2.05) is 0 Å². The van der Waals surface area contributed by atoms with Gasteiger partial charge in [-0.05, 0) is 18.3 Å². The maximum atomic E-state index is 12.8. The van der Waals surface area contributed by atoms with Gasteiger partial charge in [-0.2, -0.15) is 0 Å². The Kier molecular flexibility index (Phi) is 12.7. The van der Waals surface area contributed by atoms with E-state index in [1.54, 1.807) is 27.7 Å². The summed E-state index contributed by atoms with van der Waals surface area (Å²) in [6.07, 6.45) is -0.758. The lowest BCUT2D eigenvalue weighted by Gasteiger charge is -2.27. The molecule has 0 saturated heterocycles. The molecule has 0 aliphatic rings. The summed E-state index contributed by atoms with van der Waals surface area (Å²) in [6, 6.07) is -5.05. The van der Waals surface area contributed by atoms with Gasteiger partial charge in [0.15, 0.2) is 0 Å². The molecule has 0 aromatic carbocycles. The molecule has 5 atom stereocenters. The van der Waals surface area contributed by atoms with E-state index in [9.17, 15) is 33.9 Å². The van der Waals surface area contributed by atoms with E-state index in [0.717, 1.165) is 0 Å². The van der Waals surface area contributed by atoms with Crippen LogP contribution in [-0.4, -0.2) is 69.9 Å². The monoisotopic (exact) mass is 473 g/mol. The molecule has 0 aliphatic heterocycles. The predicted octanol–water partition coefficient (Wildman–Crippen LogP) is -1.70. The summed E-state index contributed by atoms with van der Waals surface area (Å²) in [5, 5.41) is 25.5. The minimum atomic E-state index is -1.36. The van der Waals surface area contributed by atoms with Crippen molar-refractivity contribution < 1.29 is 39.0 Å². The van der Waals surface area contributed by atoms with Crippen molar-refractivity contribution in [1.82, 2.24) is 16.0 Å². The maximum Gasteiger partial charge on any atom is 0.326 e. The number of hydrogen-bond acceptors (Lipinski definition) is 7. The fourth-order valence-corrected chi connectivity index (χ4v) is 2.84. The molecule has 0 radical (unpaired) electrons. The zero-order valence-electron chi connectivity index (χ0n) is 19.3. The molecule has 13 heteroatoms. The molecule has 9 N–H and O–H groups in total. The highest BCUT2D eigenvalue weighted by molar-refractivity contribution is 5.95. The summed E-state index contributed by atoms with van der Waals surface area (Å²) in [4.78, 5) is 71.3. The first kappa shape index (κ1) is 29.8. The number of carboxylic acids is 2. The molecule has 0 saturated carbocycles. The molecule has 0 aliphatic carbocycles. The minimum Gasteiger partial charge on any atom is -0.481 e. The Hall–Kier alpha value is -3.22. The van der Waals surface area contributed by atoms with Crippen LogP contribution in [0.25, 0.3) is 0 Å². The number of primary amides is 1. The second kappa shape index (κ2) is 14.0. The van der Waals surface area contributed by atoms with Gasteiger partial charge >= 0.3 is 11.9 Å². The molecule has 0 spiro atoms. The number of nitrogens with one attached hydrogen (secondary N) is 3. The Morgan fingerprint density at radius 2 is 1.39 bits per heavy atom. The molecule has 0 heterocycles. The average molecular weight is 474 g/mol. The van der Waals surface area contributed by atoms with Crippen LogP contribution in [0.4, 0.5) is 0 Å². The summed E-state index contributed by atoms with van der Waals surface area (Å²) in [5.41, 5.74) is 10.6. The molecule has 5 unspecified atom stereocenters. The normalized spacial score (nSPS) is 15.5. The van der Waals surface area contributed by atoms with Gasteiger partial charge in [0.2, 0.25) is 23.6 Å². The van der Waals surface area contributed by atoms with Crippen molar-refractivity contribution in [3.8, 4) is 0 Å². The van der Waals surface area contributed by atoms with E-state index in [1.165, 1.54) is 0 Å². The van der Waals surface area contributed by atoms with Gasteiger partial charge in [0.1, 0.15) is 18.1 Å². The lowest BCUT2D eigenvalue weighted by Crippen LogP contribution is -2.59. The quantitative estimate of drug-likeness (QED) is 0.143. The number of rotatable bonds is 15. The standard InChI is InChI=1S/C20H35N5O8/c1-5-10(4)16(20(32)33)25-18(30)12(6-7-14(27)28)23-19(31)15(9(2)3)24-17(29)11(21)8-13(22)26/h9-12,15-16H,5-8,21H2,1-4H3,(H2,22,26)(H,23,31)(H,24,29)(H,25,30)(H,27,28)(H,32,33). The molecular weight excluding hydrogens is 438 g/mol. The first-order valence-corrected chi connectivity index (χ1v) is 10.6. The van der Waals surface area contributed by atoms with Crippen LogP contribution < -0.4 is 27.4 Å². The lowest BCUT2D eigenvalue weighted by atomic mass is 9.98. The van der Waals surface area contributed by atoms with Crippen molar-refractivity contribution in [2.45, 2.75) is 77.5 Å². The van der Waals surface area contributed by atoms with Crippen LogP contribution in [-0.2, 0) is 28.8 Å². The Bertz CT molecular complexity index is 742. The molecule has 0 bridgehead atoms. The van der Waals surface area contributed by atoms with E-state index in [0.29, 0.717) is 6.42 Å². The highest BCUT2D eigenvalue weighted by Crippen LogP contribution is 2.10. The second-order valence-electron chi connectivity index (χ2n) is 8.21. The minimum absolute atomic E-state index is 0.306. The molecular formula is C20H35N5O8. The highest BCUT2D eigenvalue weighted by atomic mass is 16.4. The molecule has 0 rings (SSSR count). The Labute approximate surface area is 192 Å². The van der Waals surface area contributed by atoms with E-state index < -0.39 is 84.4 Å². The highest BCUT2D eigenvalue weighted by Gasteiger charge is 2.33. The third kappa shape index (κ3) is 10.8. The van der Waals surface area contributed by atoms with Crippen molar-refractivity contribution in [2.24, 2.45) is 23.3 Å². The summed E-state index contributed by atoms with van der Waals surface area (Å²) in [7, 11) is 0. The fourth-order valence-electron chi connectivity index (χ4n) is 2.84. The molecule has 13 nitrogen and oxygen atoms in total. The molecule has 188 valence electrons. The molecule has 0 aromatic heterocycles. The third-order valence-electron chi connectivity index (χ3n) is 5.06. The summed E-state index contributed by atoms with van der Waals surface area (Å²) in [6.45, 7) is 6.60. The van der Waals surface area contributed by atoms with Crippen LogP contribution in [0.5, 0.6) is 0 Å². The van der Waals surface area contributed by atoms with Gasteiger partial charge in [-0.3, -0.25) is 24.0 Å². The van der Waals surface area contributed by atoms with Crippen molar-refractivity contribution in [3.05, 3.63) is 0 Å². The predicted molar refractivity (Wildman–Crippen MR) is 116 cm³/mol. The SMILES string of the molecule is CCC(C)C(NC(=O)C(CCC(=O)O)NC(=O)C(NC(=O)C(N)CC(N)=O)C(C)C)C(=O)O. The van der Waals surface area contributed by atoms with E-state index in [2.05, 4.69) is 16.0 Å². The Balaban J connectivity index is 5.56. The van der Waals surface area contributed by atoms with Crippen LogP contribution in [0.3, 0.4) is 0 Å². The number of nitrogens with two attached hydrogens (primary N) is 2. The van der Waals surface area contributed by atoms with Gasteiger partial charge in [0.25, 0.3) is 0 Å². The number of aliphatic carboxylic acids is 2. The molecule has 0 fully saturated rings. The van der Waals surface area contributed by atoms with Crippen molar-refractivity contribution >= 4 is 35.6 Å². The number of carbonyl (C=O) groups is 6. The van der Waals surface area contributed by atoms with Crippen LogP contribution in [0.2, 0.25) is 0 Å². The first-order chi connectivity index (χ1) is 15.2. The average Bonchev–Trinajstić information content (AvgIpc) is 2.70. The van der Waals surface area contributed by atoms with Gasteiger partial charge in [-0.25, -0.2) is 4.79 Å². The summed E-state index contributed by atoms with van der Waals surface area (Å²) in [5.74, 6) is -6.65. The Morgan fingerprint density at radius 3 is 1.82 bits per heavy atom. The van der Waals surface area contributed by atoms with Gasteiger partial charge in [0, 0.05) is 6.42 Å². The smallest absolute Gasteiger partial charge is 0.326 e. The van der Waals surface area contributed by atoms with Crippen molar-refractivity contribution in [1.29, 1.82) is 0 Å².